The van der Waals surface area contributed by atoms with Crippen molar-refractivity contribution in [2.45, 2.75) is 32.1 Å². The lowest BCUT2D eigenvalue weighted by molar-refractivity contribution is -0.121. The zero-order valence-corrected chi connectivity index (χ0v) is 13.8. The molecule has 1 atom stereocenters. The third-order valence-corrected chi connectivity index (χ3v) is 4.74. The number of nitrogens with zero attached hydrogens (tertiary/aromatic N) is 2. The summed E-state index contributed by atoms with van der Waals surface area (Å²) in [6.45, 7) is 3.46. The Kier molecular flexibility index (Phi) is 5.49. The second-order valence-corrected chi connectivity index (χ2v) is 7.46. The van der Waals surface area contributed by atoms with Crippen molar-refractivity contribution in [3.63, 3.8) is 0 Å². The zero-order valence-electron chi connectivity index (χ0n) is 13.0. The zero-order chi connectivity index (χ0) is 16.9. The molecule has 0 aliphatic rings. The number of hydrogen-bond acceptors (Lipinski definition) is 6. The summed E-state index contributed by atoms with van der Waals surface area (Å²) in [6.07, 6.45) is -0.105. The SMILES string of the molecule is Cc1noc(CS(=O)(=O)CCC(=O)NC(C)c2ccccc2)n1. The van der Waals surface area contributed by atoms with Crippen molar-refractivity contribution in [2.75, 3.05) is 5.75 Å². The van der Waals surface area contributed by atoms with E-state index in [9.17, 15) is 13.2 Å². The highest BCUT2D eigenvalue weighted by atomic mass is 32.2. The van der Waals surface area contributed by atoms with Gasteiger partial charge in [-0.1, -0.05) is 35.5 Å². The molecule has 7 nitrogen and oxygen atoms in total. The number of sulfone groups is 1. The van der Waals surface area contributed by atoms with Crippen molar-refractivity contribution in [3.05, 3.63) is 47.6 Å². The van der Waals surface area contributed by atoms with Gasteiger partial charge >= 0.3 is 0 Å². The minimum Gasteiger partial charge on any atom is -0.350 e. The van der Waals surface area contributed by atoms with Gasteiger partial charge in [0.25, 0.3) is 0 Å². The van der Waals surface area contributed by atoms with E-state index in [0.717, 1.165) is 5.56 Å². The monoisotopic (exact) mass is 337 g/mol. The highest BCUT2D eigenvalue weighted by Crippen LogP contribution is 2.11. The molecule has 1 aromatic carbocycles. The molecule has 1 aromatic heterocycles. The Morgan fingerprint density at radius 3 is 2.61 bits per heavy atom. The van der Waals surface area contributed by atoms with Gasteiger partial charge in [-0.15, -0.1) is 0 Å². The van der Waals surface area contributed by atoms with E-state index in [2.05, 4.69) is 15.5 Å². The summed E-state index contributed by atoms with van der Waals surface area (Å²) < 4.78 is 28.7. The minimum absolute atomic E-state index is 0.0422. The van der Waals surface area contributed by atoms with E-state index < -0.39 is 9.84 Å². The number of nitrogens with one attached hydrogen (secondary N) is 1. The molecule has 0 fully saturated rings. The summed E-state index contributed by atoms with van der Waals surface area (Å²) in [4.78, 5) is 15.8. The Balaban J connectivity index is 1.83. The van der Waals surface area contributed by atoms with Gasteiger partial charge in [0.1, 0.15) is 5.75 Å². The maximum absolute atomic E-state index is 12.0. The van der Waals surface area contributed by atoms with Gasteiger partial charge in [0.05, 0.1) is 11.8 Å². The van der Waals surface area contributed by atoms with Gasteiger partial charge < -0.3 is 9.84 Å². The van der Waals surface area contributed by atoms with Crippen LogP contribution >= 0.6 is 0 Å². The van der Waals surface area contributed by atoms with Crippen LogP contribution < -0.4 is 5.32 Å². The lowest BCUT2D eigenvalue weighted by Crippen LogP contribution is -2.28. The maximum Gasteiger partial charge on any atom is 0.241 e. The first-order chi connectivity index (χ1) is 10.9. The van der Waals surface area contributed by atoms with E-state index in [1.807, 2.05) is 37.3 Å². The molecule has 1 heterocycles. The number of amides is 1. The van der Waals surface area contributed by atoms with Gasteiger partial charge in [-0.2, -0.15) is 4.98 Å². The van der Waals surface area contributed by atoms with Crippen molar-refractivity contribution in [1.82, 2.24) is 15.5 Å². The Bertz CT molecular complexity index is 756. The quantitative estimate of drug-likeness (QED) is 0.822. The average Bonchev–Trinajstić information content (AvgIpc) is 2.90. The molecule has 1 N–H and O–H groups in total. The fourth-order valence-corrected chi connectivity index (χ4v) is 3.18. The molecule has 0 aliphatic carbocycles. The van der Waals surface area contributed by atoms with Crippen molar-refractivity contribution in [3.8, 4) is 0 Å². The highest BCUT2D eigenvalue weighted by Gasteiger charge is 2.19. The molecule has 0 radical (unpaired) electrons. The molecule has 1 unspecified atom stereocenters. The molecule has 0 aliphatic heterocycles. The standard InChI is InChI=1S/C15H19N3O4S/c1-11(13-6-4-3-5-7-13)16-14(19)8-9-23(20,21)10-15-17-12(2)18-22-15/h3-7,11H,8-10H2,1-2H3,(H,16,19). The van der Waals surface area contributed by atoms with Crippen molar-refractivity contribution >= 4 is 15.7 Å². The van der Waals surface area contributed by atoms with Gasteiger partial charge in [-0.25, -0.2) is 8.42 Å². The predicted octanol–water partition coefficient (Wildman–Crippen LogP) is 1.56. The second kappa shape index (κ2) is 7.36. The minimum atomic E-state index is -3.47. The number of benzene rings is 1. The van der Waals surface area contributed by atoms with Crippen molar-refractivity contribution in [1.29, 1.82) is 0 Å². The maximum atomic E-state index is 12.0. The Morgan fingerprint density at radius 1 is 1.30 bits per heavy atom. The average molecular weight is 337 g/mol. The van der Waals surface area contributed by atoms with Crippen LogP contribution in [-0.2, 0) is 20.4 Å². The lowest BCUT2D eigenvalue weighted by atomic mass is 10.1. The number of aromatic nitrogens is 2. The summed E-state index contributed by atoms with van der Waals surface area (Å²) in [5.41, 5.74) is 0.963. The van der Waals surface area contributed by atoms with Crippen LogP contribution in [0.2, 0.25) is 0 Å². The lowest BCUT2D eigenvalue weighted by Gasteiger charge is -2.14. The third-order valence-electron chi connectivity index (χ3n) is 3.23. The molecule has 23 heavy (non-hydrogen) atoms. The first-order valence-corrected chi connectivity index (χ1v) is 9.02. The third kappa shape index (κ3) is 5.48. The van der Waals surface area contributed by atoms with Crippen LogP contribution in [-0.4, -0.2) is 30.2 Å². The number of carbonyl (C=O) groups is 1. The molecular formula is C15H19N3O4S. The van der Waals surface area contributed by atoms with Crippen LogP contribution in [0.3, 0.4) is 0 Å². The topological polar surface area (TPSA) is 102 Å². The summed E-state index contributed by atoms with van der Waals surface area (Å²) in [5.74, 6) is -0.506. The number of carbonyl (C=O) groups excluding carboxylic acids is 1. The van der Waals surface area contributed by atoms with Gasteiger partial charge in [0.15, 0.2) is 15.7 Å². The first-order valence-electron chi connectivity index (χ1n) is 7.19. The number of hydrogen-bond donors (Lipinski definition) is 1. The van der Waals surface area contributed by atoms with Crippen LogP contribution in [0, 0.1) is 6.92 Å². The second-order valence-electron chi connectivity index (χ2n) is 5.28. The van der Waals surface area contributed by atoms with E-state index in [0.29, 0.717) is 5.82 Å². The number of rotatable bonds is 7. The van der Waals surface area contributed by atoms with Crippen LogP contribution in [0.5, 0.6) is 0 Å². The molecular weight excluding hydrogens is 318 g/mol. The molecule has 2 aromatic rings. The molecule has 0 spiro atoms. The Morgan fingerprint density at radius 2 is 2.00 bits per heavy atom. The fourth-order valence-electron chi connectivity index (χ4n) is 2.05. The fraction of sp³-hybridized carbons (Fsp3) is 0.400. The largest absolute Gasteiger partial charge is 0.350 e. The molecule has 124 valence electrons. The van der Waals surface area contributed by atoms with Gasteiger partial charge in [0, 0.05) is 6.42 Å². The predicted molar refractivity (Wildman–Crippen MR) is 84.1 cm³/mol. The van der Waals surface area contributed by atoms with E-state index in [1.165, 1.54) is 0 Å². The van der Waals surface area contributed by atoms with Crippen molar-refractivity contribution in [2.24, 2.45) is 0 Å². The summed E-state index contributed by atoms with van der Waals surface area (Å²) in [7, 11) is -3.47. The molecule has 0 saturated carbocycles. The first kappa shape index (κ1) is 17.1. The van der Waals surface area contributed by atoms with Crippen LogP contribution in [0.1, 0.15) is 36.7 Å². The van der Waals surface area contributed by atoms with E-state index in [-0.39, 0.29) is 35.8 Å². The molecule has 0 bridgehead atoms. The molecule has 1 amide bonds. The van der Waals surface area contributed by atoms with E-state index in [4.69, 9.17) is 4.52 Å². The molecule has 8 heteroatoms. The smallest absolute Gasteiger partial charge is 0.241 e. The van der Waals surface area contributed by atoms with Crippen molar-refractivity contribution < 1.29 is 17.7 Å². The van der Waals surface area contributed by atoms with Crippen LogP contribution in [0.15, 0.2) is 34.9 Å². The molecule has 2 rings (SSSR count). The van der Waals surface area contributed by atoms with Gasteiger partial charge in [-0.3, -0.25) is 4.79 Å². The summed E-state index contributed by atoms with van der Waals surface area (Å²) in [5, 5.41) is 6.32. The number of aryl methyl sites for hydroxylation is 1. The normalized spacial score (nSPS) is 12.8. The Labute approximate surface area is 135 Å². The Hall–Kier alpha value is -2.22. The van der Waals surface area contributed by atoms with E-state index in [1.54, 1.807) is 6.92 Å². The molecule has 0 saturated heterocycles. The van der Waals surface area contributed by atoms with Gasteiger partial charge in [0.2, 0.25) is 11.8 Å². The van der Waals surface area contributed by atoms with Crippen LogP contribution in [0.25, 0.3) is 0 Å². The summed E-state index contributed by atoms with van der Waals surface area (Å²) >= 11 is 0. The van der Waals surface area contributed by atoms with Crippen LogP contribution in [0.4, 0.5) is 0 Å². The van der Waals surface area contributed by atoms with Gasteiger partial charge in [-0.05, 0) is 19.4 Å². The summed E-state index contributed by atoms with van der Waals surface area (Å²) in [6, 6.07) is 9.29. The highest BCUT2D eigenvalue weighted by molar-refractivity contribution is 7.90. The van der Waals surface area contributed by atoms with E-state index >= 15 is 0 Å².